The van der Waals surface area contributed by atoms with E-state index in [4.69, 9.17) is 0 Å². The van der Waals surface area contributed by atoms with Gasteiger partial charge in [-0.2, -0.15) is 5.10 Å². The fourth-order valence-electron chi connectivity index (χ4n) is 2.88. The summed E-state index contributed by atoms with van der Waals surface area (Å²) in [5, 5.41) is 5.91. The highest BCUT2D eigenvalue weighted by Gasteiger charge is 2.22. The minimum Gasteiger partial charge on any atom is -0.279 e. The lowest BCUT2D eigenvalue weighted by molar-refractivity contribution is -0.125. The molecule has 2 heterocycles. The Labute approximate surface area is 150 Å². The number of benzene rings is 2. The van der Waals surface area contributed by atoms with Crippen LogP contribution in [0, 0.1) is 5.82 Å². The maximum atomic E-state index is 13.2. The molecule has 26 heavy (non-hydrogen) atoms. The van der Waals surface area contributed by atoms with E-state index in [1.54, 1.807) is 35.5 Å². The molecule has 4 rings (SSSR count). The van der Waals surface area contributed by atoms with E-state index in [1.807, 2.05) is 35.0 Å². The van der Waals surface area contributed by atoms with Crippen LogP contribution in [0.25, 0.3) is 17.2 Å². The van der Waals surface area contributed by atoms with Gasteiger partial charge in [0, 0.05) is 11.6 Å². The van der Waals surface area contributed by atoms with Crippen LogP contribution < -0.4 is 5.43 Å². The Hall–Kier alpha value is -3.41. The predicted molar refractivity (Wildman–Crippen MR) is 98.4 cm³/mol. The third-order valence-corrected chi connectivity index (χ3v) is 4.25. The second-order valence-corrected chi connectivity index (χ2v) is 5.98. The minimum atomic E-state index is -0.286. The van der Waals surface area contributed by atoms with E-state index < -0.39 is 0 Å². The van der Waals surface area contributed by atoms with Crippen molar-refractivity contribution in [1.82, 2.24) is 14.8 Å². The maximum Gasteiger partial charge on any atom is 0.265 e. The number of hydrogen-bond donors (Lipinski definition) is 1. The lowest BCUT2D eigenvalue weighted by Crippen LogP contribution is -2.42. The van der Waals surface area contributed by atoms with Crippen molar-refractivity contribution in [1.29, 1.82) is 0 Å². The molecule has 0 unspecified atom stereocenters. The maximum absolute atomic E-state index is 13.2. The summed E-state index contributed by atoms with van der Waals surface area (Å²) >= 11 is 0. The van der Waals surface area contributed by atoms with Crippen LogP contribution in [0.3, 0.4) is 0 Å². The molecule has 2 aromatic carbocycles. The molecule has 0 spiro atoms. The number of anilines is 1. The molecule has 0 bridgehead atoms. The van der Waals surface area contributed by atoms with Gasteiger partial charge in [-0.25, -0.2) is 14.1 Å². The van der Waals surface area contributed by atoms with Crippen LogP contribution >= 0.6 is 0 Å². The number of carbonyl (C=O) groups excluding carboxylic acids is 1. The monoisotopic (exact) mass is 348 g/mol. The third kappa shape index (κ3) is 3.21. The van der Waals surface area contributed by atoms with Crippen molar-refractivity contribution in [3.63, 3.8) is 0 Å². The lowest BCUT2D eigenvalue weighted by Gasteiger charge is -2.29. The zero-order chi connectivity index (χ0) is 17.9. The van der Waals surface area contributed by atoms with Gasteiger partial charge in [-0.3, -0.25) is 10.2 Å². The lowest BCUT2D eigenvalue weighted by atomic mass is 10.1. The smallest absolute Gasteiger partial charge is 0.265 e. The first kappa shape index (κ1) is 16.1. The van der Waals surface area contributed by atoms with Gasteiger partial charge < -0.3 is 0 Å². The average Bonchev–Trinajstić information content (AvgIpc) is 3.11. The topological polar surface area (TPSA) is 50.2 Å². The summed E-state index contributed by atoms with van der Waals surface area (Å²) < 4.78 is 15.0. The number of nitrogens with one attached hydrogen (secondary N) is 1. The van der Waals surface area contributed by atoms with Crippen molar-refractivity contribution in [3.8, 4) is 11.1 Å². The SMILES string of the molecule is O=C(C=Cc1ccccc1)N1CCn2ncc(-c3ccc(F)cc3)c2N1. The van der Waals surface area contributed by atoms with Crippen LogP contribution in [0.5, 0.6) is 0 Å². The summed E-state index contributed by atoms with van der Waals surface area (Å²) in [5.74, 6) is 0.307. The molecule has 1 aliphatic heterocycles. The van der Waals surface area contributed by atoms with E-state index in [2.05, 4.69) is 10.5 Å². The molecule has 1 aromatic heterocycles. The fourth-order valence-corrected chi connectivity index (χ4v) is 2.88. The molecule has 0 saturated carbocycles. The van der Waals surface area contributed by atoms with Crippen molar-refractivity contribution < 1.29 is 9.18 Å². The van der Waals surface area contributed by atoms with Crippen molar-refractivity contribution >= 4 is 17.8 Å². The molecular formula is C20H17FN4O. The van der Waals surface area contributed by atoms with Gasteiger partial charge in [0.05, 0.1) is 19.3 Å². The largest absolute Gasteiger partial charge is 0.279 e. The zero-order valence-corrected chi connectivity index (χ0v) is 14.0. The summed E-state index contributed by atoms with van der Waals surface area (Å²) in [4.78, 5) is 12.5. The van der Waals surface area contributed by atoms with Crippen molar-refractivity contribution in [2.24, 2.45) is 0 Å². The van der Waals surface area contributed by atoms with E-state index in [-0.39, 0.29) is 11.7 Å². The summed E-state index contributed by atoms with van der Waals surface area (Å²) in [6.45, 7) is 1.10. The van der Waals surface area contributed by atoms with Crippen LogP contribution in [0.2, 0.25) is 0 Å². The molecule has 130 valence electrons. The van der Waals surface area contributed by atoms with E-state index in [9.17, 15) is 9.18 Å². The van der Waals surface area contributed by atoms with Crippen LogP contribution in [0.1, 0.15) is 5.56 Å². The first-order valence-electron chi connectivity index (χ1n) is 8.34. The predicted octanol–water partition coefficient (Wildman–Crippen LogP) is 3.57. The summed E-state index contributed by atoms with van der Waals surface area (Å²) in [5.41, 5.74) is 5.77. The van der Waals surface area contributed by atoms with Gasteiger partial charge in [-0.15, -0.1) is 0 Å². The number of halogens is 1. The van der Waals surface area contributed by atoms with Gasteiger partial charge >= 0.3 is 0 Å². The van der Waals surface area contributed by atoms with Gasteiger partial charge in [0.1, 0.15) is 5.82 Å². The highest BCUT2D eigenvalue weighted by molar-refractivity contribution is 5.93. The Kier molecular flexibility index (Phi) is 4.23. The van der Waals surface area contributed by atoms with Crippen LogP contribution in [-0.2, 0) is 11.3 Å². The Balaban J connectivity index is 1.54. The van der Waals surface area contributed by atoms with Crippen LogP contribution in [0.15, 0.2) is 66.9 Å². The van der Waals surface area contributed by atoms with Crippen LogP contribution in [0.4, 0.5) is 10.2 Å². The first-order chi connectivity index (χ1) is 12.7. The minimum absolute atomic E-state index is 0.133. The van der Waals surface area contributed by atoms with E-state index in [1.165, 1.54) is 12.1 Å². The number of carbonyl (C=O) groups is 1. The number of rotatable bonds is 3. The van der Waals surface area contributed by atoms with E-state index >= 15 is 0 Å². The number of nitrogens with zero attached hydrogens (tertiary/aromatic N) is 3. The average molecular weight is 348 g/mol. The van der Waals surface area contributed by atoms with Crippen molar-refractivity contribution in [3.05, 3.63) is 78.3 Å². The normalized spacial score (nSPS) is 13.5. The summed E-state index contributed by atoms with van der Waals surface area (Å²) in [6.07, 6.45) is 5.06. The number of aromatic nitrogens is 2. The molecule has 5 nitrogen and oxygen atoms in total. The number of fused-ring (bicyclic) bond motifs is 1. The first-order valence-corrected chi connectivity index (χ1v) is 8.34. The third-order valence-electron chi connectivity index (χ3n) is 4.25. The van der Waals surface area contributed by atoms with Gasteiger partial charge in [0.2, 0.25) is 0 Å². The summed E-state index contributed by atoms with van der Waals surface area (Å²) in [7, 11) is 0. The second kappa shape index (κ2) is 6.84. The molecule has 0 radical (unpaired) electrons. The zero-order valence-electron chi connectivity index (χ0n) is 14.0. The molecule has 6 heteroatoms. The van der Waals surface area contributed by atoms with Crippen molar-refractivity contribution in [2.45, 2.75) is 6.54 Å². The highest BCUT2D eigenvalue weighted by Crippen LogP contribution is 2.30. The van der Waals surface area contributed by atoms with Gasteiger partial charge in [0.25, 0.3) is 5.91 Å². The van der Waals surface area contributed by atoms with Crippen LogP contribution in [-0.4, -0.2) is 27.2 Å². The van der Waals surface area contributed by atoms with E-state index in [0.29, 0.717) is 13.1 Å². The number of amides is 1. The van der Waals surface area contributed by atoms with E-state index in [0.717, 1.165) is 22.5 Å². The molecule has 0 aliphatic carbocycles. The fraction of sp³-hybridized carbons (Fsp3) is 0.100. The molecule has 0 atom stereocenters. The Bertz CT molecular complexity index is 948. The molecular weight excluding hydrogens is 331 g/mol. The quantitative estimate of drug-likeness (QED) is 0.736. The summed E-state index contributed by atoms with van der Waals surface area (Å²) in [6, 6.07) is 15.9. The Morgan fingerprint density at radius 1 is 1.08 bits per heavy atom. The number of hydrazine groups is 1. The highest BCUT2D eigenvalue weighted by atomic mass is 19.1. The van der Waals surface area contributed by atoms with Gasteiger partial charge in [-0.1, -0.05) is 42.5 Å². The molecule has 1 aliphatic rings. The van der Waals surface area contributed by atoms with Crippen molar-refractivity contribution in [2.75, 3.05) is 12.0 Å². The molecule has 1 amide bonds. The molecule has 0 fully saturated rings. The standard InChI is InChI=1S/C20H17FN4O/c21-17-9-7-16(8-10-17)18-14-22-25-13-12-24(23-20(18)25)19(26)11-6-15-4-2-1-3-5-15/h1-11,14,23H,12-13H2. The van der Waals surface area contributed by atoms with Gasteiger partial charge in [-0.05, 0) is 29.3 Å². The second-order valence-electron chi connectivity index (χ2n) is 5.98. The van der Waals surface area contributed by atoms with Gasteiger partial charge in [0.15, 0.2) is 5.82 Å². The molecule has 1 N–H and O–H groups in total. The Morgan fingerprint density at radius 2 is 1.85 bits per heavy atom. The molecule has 3 aromatic rings. The number of hydrogen-bond acceptors (Lipinski definition) is 3. The molecule has 0 saturated heterocycles. The Morgan fingerprint density at radius 3 is 2.62 bits per heavy atom.